The van der Waals surface area contributed by atoms with E-state index in [0.717, 1.165) is 18.5 Å². The number of pyridine rings is 1. The van der Waals surface area contributed by atoms with Gasteiger partial charge in [0, 0.05) is 25.5 Å². The zero-order chi connectivity index (χ0) is 15.2. The van der Waals surface area contributed by atoms with E-state index in [1.165, 1.54) is 17.7 Å². The number of aromatic carboxylic acids is 1. The van der Waals surface area contributed by atoms with Crippen LogP contribution < -0.4 is 0 Å². The first-order chi connectivity index (χ1) is 10.1. The molecule has 5 heteroatoms. The van der Waals surface area contributed by atoms with Crippen molar-refractivity contribution < 1.29 is 14.3 Å². The first-order valence-corrected chi connectivity index (χ1v) is 6.65. The molecule has 1 heterocycles. The van der Waals surface area contributed by atoms with E-state index < -0.39 is 11.8 Å². The van der Waals surface area contributed by atoms with Crippen molar-refractivity contribution in [1.82, 2.24) is 9.88 Å². The predicted molar refractivity (Wildman–Crippen MR) is 77.6 cm³/mol. The van der Waals surface area contributed by atoms with Crippen molar-refractivity contribution in [3.8, 4) is 0 Å². The zero-order valence-electron chi connectivity index (χ0n) is 11.8. The highest BCUT2D eigenvalue weighted by molar-refractivity contribution is 5.88. The summed E-state index contributed by atoms with van der Waals surface area (Å²) in [4.78, 5) is 16.9. The summed E-state index contributed by atoms with van der Waals surface area (Å²) in [5, 5.41) is 8.92. The summed E-state index contributed by atoms with van der Waals surface area (Å²) in [5.74, 6) is -1.94. The maximum atomic E-state index is 13.3. The molecule has 0 fully saturated rings. The molecule has 0 unspecified atom stereocenters. The van der Waals surface area contributed by atoms with Crippen molar-refractivity contribution in [2.24, 2.45) is 0 Å². The third kappa shape index (κ3) is 4.36. The van der Waals surface area contributed by atoms with Gasteiger partial charge in [0.2, 0.25) is 0 Å². The molecule has 4 nitrogen and oxygen atoms in total. The largest absolute Gasteiger partial charge is 0.478 e. The molecule has 0 aliphatic rings. The number of hydrogen-bond donors (Lipinski definition) is 1. The third-order valence-corrected chi connectivity index (χ3v) is 3.25. The Balaban J connectivity index is 1.95. The van der Waals surface area contributed by atoms with Gasteiger partial charge in [-0.05, 0) is 48.9 Å². The monoisotopic (exact) mass is 288 g/mol. The lowest BCUT2D eigenvalue weighted by atomic mass is 10.1. The second kappa shape index (κ2) is 6.95. The van der Waals surface area contributed by atoms with Crippen LogP contribution in [0.15, 0.2) is 42.7 Å². The van der Waals surface area contributed by atoms with Gasteiger partial charge < -0.3 is 10.0 Å². The Bertz CT molecular complexity index is 617. The average Bonchev–Trinajstić information content (AvgIpc) is 2.48. The maximum Gasteiger partial charge on any atom is 0.338 e. The molecule has 0 aliphatic heterocycles. The molecule has 0 spiro atoms. The summed E-state index contributed by atoms with van der Waals surface area (Å²) < 4.78 is 13.3. The summed E-state index contributed by atoms with van der Waals surface area (Å²) in [5.41, 5.74) is 1.70. The molecule has 21 heavy (non-hydrogen) atoms. The van der Waals surface area contributed by atoms with Crippen LogP contribution in [0.2, 0.25) is 0 Å². The molecule has 1 aromatic heterocycles. The molecular weight excluding hydrogens is 271 g/mol. The number of rotatable bonds is 6. The normalized spacial score (nSPS) is 10.8. The number of benzene rings is 1. The maximum absolute atomic E-state index is 13.3. The average molecular weight is 288 g/mol. The molecule has 2 rings (SSSR count). The number of carboxylic acid groups (broad SMARTS) is 1. The van der Waals surface area contributed by atoms with E-state index in [1.807, 2.05) is 19.2 Å². The lowest BCUT2D eigenvalue weighted by Crippen LogP contribution is -2.21. The zero-order valence-corrected chi connectivity index (χ0v) is 11.8. The van der Waals surface area contributed by atoms with Crippen molar-refractivity contribution in [1.29, 1.82) is 0 Å². The van der Waals surface area contributed by atoms with Crippen molar-refractivity contribution in [2.45, 2.75) is 13.0 Å². The Labute approximate surface area is 122 Å². The van der Waals surface area contributed by atoms with Gasteiger partial charge in [-0.1, -0.05) is 6.07 Å². The number of nitrogens with zero attached hydrogens (tertiary/aromatic N) is 2. The Morgan fingerprint density at radius 2 is 1.95 bits per heavy atom. The van der Waals surface area contributed by atoms with Crippen LogP contribution in [-0.2, 0) is 13.0 Å². The highest BCUT2D eigenvalue weighted by atomic mass is 19.1. The SMILES string of the molecule is CN(CCc1ccncc1)Cc1ccc(F)c(C(=O)O)c1. The standard InChI is InChI=1S/C16H17FN2O2/c1-19(9-6-12-4-7-18-8-5-12)11-13-2-3-15(17)14(10-13)16(20)21/h2-5,7-8,10H,6,9,11H2,1H3,(H,20,21). The first kappa shape index (κ1) is 15.1. The van der Waals surface area contributed by atoms with Crippen molar-refractivity contribution in [3.63, 3.8) is 0 Å². The summed E-state index contributed by atoms with van der Waals surface area (Å²) in [6, 6.07) is 8.14. The van der Waals surface area contributed by atoms with E-state index in [1.54, 1.807) is 18.5 Å². The van der Waals surface area contributed by atoms with Crippen LogP contribution in [-0.4, -0.2) is 34.6 Å². The number of aromatic nitrogens is 1. The fraction of sp³-hybridized carbons (Fsp3) is 0.250. The number of carboxylic acids is 1. The van der Waals surface area contributed by atoms with Crippen LogP contribution in [0.1, 0.15) is 21.5 Å². The minimum Gasteiger partial charge on any atom is -0.478 e. The van der Waals surface area contributed by atoms with E-state index in [9.17, 15) is 9.18 Å². The second-order valence-electron chi connectivity index (χ2n) is 4.96. The van der Waals surface area contributed by atoms with Gasteiger partial charge in [0.1, 0.15) is 5.82 Å². The van der Waals surface area contributed by atoms with Crippen LogP contribution in [0.4, 0.5) is 4.39 Å². The topological polar surface area (TPSA) is 53.4 Å². The van der Waals surface area contributed by atoms with Crippen LogP contribution in [0.5, 0.6) is 0 Å². The van der Waals surface area contributed by atoms with Gasteiger partial charge in [0.15, 0.2) is 0 Å². The van der Waals surface area contributed by atoms with Gasteiger partial charge in [-0.2, -0.15) is 0 Å². The molecule has 0 saturated carbocycles. The molecule has 1 N–H and O–H groups in total. The molecule has 2 aromatic rings. The molecule has 0 radical (unpaired) electrons. The molecule has 1 aromatic carbocycles. The molecule has 0 atom stereocenters. The fourth-order valence-electron chi connectivity index (χ4n) is 2.09. The molecule has 0 saturated heterocycles. The number of carbonyl (C=O) groups is 1. The van der Waals surface area contributed by atoms with Crippen LogP contribution >= 0.6 is 0 Å². The van der Waals surface area contributed by atoms with Crippen LogP contribution in [0.3, 0.4) is 0 Å². The number of hydrogen-bond acceptors (Lipinski definition) is 3. The van der Waals surface area contributed by atoms with Gasteiger partial charge in [0.05, 0.1) is 5.56 Å². The van der Waals surface area contributed by atoms with Crippen molar-refractivity contribution in [3.05, 3.63) is 65.2 Å². The summed E-state index contributed by atoms with van der Waals surface area (Å²) >= 11 is 0. The third-order valence-electron chi connectivity index (χ3n) is 3.25. The molecule has 0 bridgehead atoms. The number of likely N-dealkylation sites (N-methyl/N-ethyl adjacent to an activating group) is 1. The molecule has 110 valence electrons. The first-order valence-electron chi connectivity index (χ1n) is 6.65. The van der Waals surface area contributed by atoms with Gasteiger partial charge >= 0.3 is 5.97 Å². The van der Waals surface area contributed by atoms with Crippen molar-refractivity contribution in [2.75, 3.05) is 13.6 Å². The van der Waals surface area contributed by atoms with E-state index in [-0.39, 0.29) is 5.56 Å². The summed E-state index contributed by atoms with van der Waals surface area (Å²) in [6.45, 7) is 1.40. The molecule has 0 amide bonds. The van der Waals surface area contributed by atoms with Gasteiger partial charge in [-0.15, -0.1) is 0 Å². The summed E-state index contributed by atoms with van der Waals surface area (Å²) in [6.07, 6.45) is 4.40. The van der Waals surface area contributed by atoms with E-state index in [0.29, 0.717) is 6.54 Å². The molecule has 0 aliphatic carbocycles. The fourth-order valence-corrected chi connectivity index (χ4v) is 2.09. The smallest absolute Gasteiger partial charge is 0.338 e. The van der Waals surface area contributed by atoms with E-state index in [2.05, 4.69) is 9.88 Å². The van der Waals surface area contributed by atoms with Crippen LogP contribution in [0.25, 0.3) is 0 Å². The van der Waals surface area contributed by atoms with Gasteiger partial charge in [-0.25, -0.2) is 9.18 Å². The Hall–Kier alpha value is -2.27. The highest BCUT2D eigenvalue weighted by Crippen LogP contribution is 2.12. The number of halogens is 1. The lowest BCUT2D eigenvalue weighted by molar-refractivity contribution is 0.0691. The highest BCUT2D eigenvalue weighted by Gasteiger charge is 2.11. The Morgan fingerprint density at radius 3 is 2.62 bits per heavy atom. The van der Waals surface area contributed by atoms with Gasteiger partial charge in [-0.3, -0.25) is 4.98 Å². The minimum atomic E-state index is -1.24. The second-order valence-corrected chi connectivity index (χ2v) is 4.96. The van der Waals surface area contributed by atoms with E-state index in [4.69, 9.17) is 5.11 Å². The molecular formula is C16H17FN2O2. The quantitative estimate of drug-likeness (QED) is 0.887. The minimum absolute atomic E-state index is 0.282. The van der Waals surface area contributed by atoms with E-state index >= 15 is 0 Å². The van der Waals surface area contributed by atoms with Gasteiger partial charge in [0.25, 0.3) is 0 Å². The Morgan fingerprint density at radius 1 is 1.24 bits per heavy atom. The van der Waals surface area contributed by atoms with Crippen molar-refractivity contribution >= 4 is 5.97 Å². The predicted octanol–water partition coefficient (Wildman–Crippen LogP) is 2.59. The summed E-state index contributed by atoms with van der Waals surface area (Å²) in [7, 11) is 1.95. The Kier molecular flexibility index (Phi) is 5.00. The lowest BCUT2D eigenvalue weighted by Gasteiger charge is -2.17. The van der Waals surface area contributed by atoms with Crippen LogP contribution in [0, 0.1) is 5.82 Å².